The van der Waals surface area contributed by atoms with Crippen LogP contribution in [0.5, 0.6) is 5.75 Å². The van der Waals surface area contributed by atoms with E-state index in [4.69, 9.17) is 4.74 Å². The summed E-state index contributed by atoms with van der Waals surface area (Å²) in [6.45, 7) is 1.79. The summed E-state index contributed by atoms with van der Waals surface area (Å²) in [6.07, 6.45) is 1.43. The molecule has 0 heterocycles. The maximum atomic E-state index is 12.3. The Hall–Kier alpha value is -3.74. The fourth-order valence-corrected chi connectivity index (χ4v) is 2.73. The first-order valence-corrected chi connectivity index (χ1v) is 8.22. The predicted molar refractivity (Wildman–Crippen MR) is 101 cm³/mol. The molecule has 0 atom stereocenters. The zero-order chi connectivity index (χ0) is 19.4. The van der Waals surface area contributed by atoms with E-state index in [1.807, 2.05) is 18.2 Å². The number of aliphatic imine (C=N–C) groups is 1. The van der Waals surface area contributed by atoms with Gasteiger partial charge in [0.05, 0.1) is 17.2 Å². The number of nitrogens with zero attached hydrogens (tertiary/aromatic N) is 2. The quantitative estimate of drug-likeness (QED) is 0.314. The van der Waals surface area contributed by atoms with E-state index in [1.54, 1.807) is 19.1 Å². The van der Waals surface area contributed by atoms with Crippen molar-refractivity contribution in [3.8, 4) is 16.9 Å². The molecule has 0 aromatic heterocycles. The second-order valence-electron chi connectivity index (χ2n) is 5.63. The van der Waals surface area contributed by atoms with Crippen LogP contribution in [0.25, 0.3) is 11.1 Å². The number of aromatic hydroxyl groups is 1. The van der Waals surface area contributed by atoms with Crippen LogP contribution in [0.1, 0.15) is 22.8 Å². The molecule has 7 nitrogen and oxygen atoms in total. The molecule has 0 spiro atoms. The molecule has 0 saturated heterocycles. The Balaban J connectivity index is 2.19. The molecule has 3 rings (SSSR count). The van der Waals surface area contributed by atoms with Gasteiger partial charge < -0.3 is 9.84 Å². The van der Waals surface area contributed by atoms with E-state index in [1.165, 1.54) is 30.5 Å². The lowest BCUT2D eigenvalue weighted by atomic mass is 10.1. The molecule has 0 aliphatic heterocycles. The number of para-hydroxylation sites is 1. The van der Waals surface area contributed by atoms with Gasteiger partial charge in [0.15, 0.2) is 0 Å². The summed E-state index contributed by atoms with van der Waals surface area (Å²) in [7, 11) is 0. The van der Waals surface area contributed by atoms with Crippen molar-refractivity contribution in [2.45, 2.75) is 6.92 Å². The average Bonchev–Trinajstić information content (AvgIpc) is 2.79. The summed E-state index contributed by atoms with van der Waals surface area (Å²) < 4.78 is 5.02. The summed E-state index contributed by atoms with van der Waals surface area (Å²) in [5.41, 5.74) is 1.60. The second-order valence-corrected chi connectivity index (χ2v) is 5.63. The minimum Gasteiger partial charge on any atom is -0.506 e. The molecule has 136 valence electrons. The Kier molecular flexibility index (Phi) is 5.12. The molecule has 7 heteroatoms. The molecule has 27 heavy (non-hydrogen) atoms. The fourth-order valence-electron chi connectivity index (χ4n) is 2.73. The van der Waals surface area contributed by atoms with Crippen LogP contribution in [0.3, 0.4) is 0 Å². The van der Waals surface area contributed by atoms with Gasteiger partial charge in [0.25, 0.3) is 5.69 Å². The van der Waals surface area contributed by atoms with Crippen LogP contribution in [0.2, 0.25) is 0 Å². The molecule has 1 aromatic carbocycles. The first-order chi connectivity index (χ1) is 13.0. The molecule has 0 bridgehead atoms. The molecule has 1 aromatic rings. The zero-order valence-electron chi connectivity index (χ0n) is 14.5. The topological polar surface area (TPSA) is 102 Å². The van der Waals surface area contributed by atoms with Crippen molar-refractivity contribution in [1.82, 2.24) is 0 Å². The van der Waals surface area contributed by atoms with Crippen molar-refractivity contribution in [3.63, 3.8) is 0 Å². The Morgan fingerprint density at radius 1 is 1.15 bits per heavy atom. The predicted octanol–water partition coefficient (Wildman–Crippen LogP) is 4.33. The monoisotopic (exact) mass is 364 g/mol. The van der Waals surface area contributed by atoms with E-state index in [0.29, 0.717) is 22.4 Å². The number of carbonyl (C=O) groups excluding carboxylic acids is 1. The van der Waals surface area contributed by atoms with Gasteiger partial charge in [0.1, 0.15) is 11.3 Å². The lowest BCUT2D eigenvalue weighted by Gasteiger charge is -2.02. The van der Waals surface area contributed by atoms with Crippen molar-refractivity contribution in [1.29, 1.82) is 0 Å². The standard InChI is InChI=1S/C20H16N2O5/c1-2-27-20(24)18-16-11-9-14(22(25)26)8-10-15(16)17(19(18)23)12-21-13-6-4-3-5-7-13/h3-12,23H,2H2,1H3. The van der Waals surface area contributed by atoms with Crippen LogP contribution in [0.15, 0.2) is 59.6 Å². The number of rotatable bonds is 5. The van der Waals surface area contributed by atoms with Gasteiger partial charge in [-0.25, -0.2) is 4.79 Å². The second kappa shape index (κ2) is 7.65. The number of hydrogen-bond acceptors (Lipinski definition) is 6. The molecule has 0 unspecified atom stereocenters. The minimum absolute atomic E-state index is 0.0353. The van der Waals surface area contributed by atoms with Gasteiger partial charge >= 0.3 is 5.97 Å². The van der Waals surface area contributed by atoms with Crippen molar-refractivity contribution < 1.29 is 19.6 Å². The highest BCUT2D eigenvalue weighted by atomic mass is 16.6. The Morgan fingerprint density at radius 3 is 2.44 bits per heavy atom. The van der Waals surface area contributed by atoms with Crippen LogP contribution in [0.4, 0.5) is 11.4 Å². The highest BCUT2D eigenvalue weighted by molar-refractivity contribution is 6.10. The third-order valence-electron chi connectivity index (χ3n) is 3.97. The maximum absolute atomic E-state index is 12.3. The van der Waals surface area contributed by atoms with Gasteiger partial charge in [0.2, 0.25) is 0 Å². The van der Waals surface area contributed by atoms with E-state index in [2.05, 4.69) is 4.99 Å². The number of benzene rings is 1. The van der Waals surface area contributed by atoms with Gasteiger partial charge in [-0.15, -0.1) is 0 Å². The van der Waals surface area contributed by atoms with Crippen LogP contribution < -0.4 is 0 Å². The Labute approximate surface area is 155 Å². The van der Waals surface area contributed by atoms with Gasteiger partial charge in [-0.1, -0.05) is 18.2 Å². The van der Waals surface area contributed by atoms with Crippen LogP contribution >= 0.6 is 0 Å². The number of ether oxygens (including phenoxy) is 1. The van der Waals surface area contributed by atoms with E-state index in [0.717, 1.165) is 0 Å². The summed E-state index contributed by atoms with van der Waals surface area (Å²) in [5.74, 6) is -0.967. The van der Waals surface area contributed by atoms with Gasteiger partial charge in [-0.2, -0.15) is 0 Å². The van der Waals surface area contributed by atoms with Crippen molar-refractivity contribution in [3.05, 3.63) is 75.8 Å². The molecule has 0 radical (unpaired) electrons. The minimum atomic E-state index is -0.701. The SMILES string of the molecule is CCOC(=O)c1c2ccc([N+](=O)[O-])ccc-2c(C=Nc2ccccc2)c1O. The maximum Gasteiger partial charge on any atom is 0.342 e. The van der Waals surface area contributed by atoms with Crippen LogP contribution in [-0.2, 0) is 4.74 Å². The first kappa shape index (κ1) is 18.1. The molecule has 1 N–H and O–H groups in total. The largest absolute Gasteiger partial charge is 0.506 e. The molecule has 2 aliphatic carbocycles. The number of esters is 1. The van der Waals surface area contributed by atoms with E-state index in [-0.39, 0.29) is 23.6 Å². The molecule has 0 saturated carbocycles. The lowest BCUT2D eigenvalue weighted by Crippen LogP contribution is -2.04. The lowest BCUT2D eigenvalue weighted by molar-refractivity contribution is -0.384. The first-order valence-electron chi connectivity index (χ1n) is 8.22. The number of fused-ring (bicyclic) bond motifs is 1. The highest BCUT2D eigenvalue weighted by Gasteiger charge is 2.27. The van der Waals surface area contributed by atoms with E-state index in [9.17, 15) is 20.0 Å². The molecular weight excluding hydrogens is 348 g/mol. The summed E-state index contributed by atoms with van der Waals surface area (Å²) in [6, 6.07) is 14.6. The smallest absolute Gasteiger partial charge is 0.342 e. The number of carbonyl (C=O) groups is 1. The molecular formula is C20H16N2O5. The zero-order valence-corrected chi connectivity index (χ0v) is 14.5. The highest BCUT2D eigenvalue weighted by Crippen LogP contribution is 2.41. The van der Waals surface area contributed by atoms with Gasteiger partial charge in [-0.05, 0) is 36.8 Å². The fraction of sp³-hybridized carbons (Fsp3) is 0.100. The molecule has 0 fully saturated rings. The van der Waals surface area contributed by atoms with E-state index >= 15 is 0 Å². The summed E-state index contributed by atoms with van der Waals surface area (Å²) in [5, 5.41) is 21.7. The van der Waals surface area contributed by atoms with Crippen LogP contribution in [-0.4, -0.2) is 28.8 Å². The number of nitro groups is 1. The summed E-state index contributed by atoms with van der Waals surface area (Å²) >= 11 is 0. The third kappa shape index (κ3) is 3.62. The van der Waals surface area contributed by atoms with Gasteiger partial charge in [0, 0.05) is 29.5 Å². The normalized spacial score (nSPS) is 11.0. The molecule has 0 amide bonds. The van der Waals surface area contributed by atoms with Crippen molar-refractivity contribution in [2.75, 3.05) is 6.61 Å². The van der Waals surface area contributed by atoms with Gasteiger partial charge in [-0.3, -0.25) is 15.1 Å². The Morgan fingerprint density at radius 2 is 1.81 bits per heavy atom. The third-order valence-corrected chi connectivity index (χ3v) is 3.97. The van der Waals surface area contributed by atoms with Crippen LogP contribution in [0, 0.1) is 10.1 Å². The average molecular weight is 364 g/mol. The Bertz CT molecular complexity index is 999. The van der Waals surface area contributed by atoms with Crippen molar-refractivity contribution >= 4 is 23.6 Å². The number of hydrogen-bond donors (Lipinski definition) is 1. The van der Waals surface area contributed by atoms with Crippen molar-refractivity contribution in [2.24, 2.45) is 4.99 Å². The summed E-state index contributed by atoms with van der Waals surface area (Å²) in [4.78, 5) is 27.2. The molecule has 2 aliphatic rings. The van der Waals surface area contributed by atoms with E-state index < -0.39 is 10.9 Å².